The van der Waals surface area contributed by atoms with Gasteiger partial charge in [-0.05, 0) is 44.0 Å². The lowest BCUT2D eigenvalue weighted by atomic mass is 10.1. The molecule has 0 aliphatic heterocycles. The summed E-state index contributed by atoms with van der Waals surface area (Å²) in [6, 6.07) is 4.58. The number of aryl methyl sites for hydroxylation is 1. The van der Waals surface area contributed by atoms with E-state index in [1.165, 1.54) is 12.1 Å². The molecule has 102 valence electrons. The second kappa shape index (κ2) is 5.57. The van der Waals surface area contributed by atoms with Gasteiger partial charge in [-0.1, -0.05) is 18.5 Å². The predicted octanol–water partition coefficient (Wildman–Crippen LogP) is 2.09. The quantitative estimate of drug-likeness (QED) is 0.873. The van der Waals surface area contributed by atoms with E-state index in [2.05, 4.69) is 4.72 Å². The van der Waals surface area contributed by atoms with Crippen LogP contribution in [0.3, 0.4) is 0 Å². The Kier molecular flexibility index (Phi) is 4.78. The first-order valence-corrected chi connectivity index (χ1v) is 7.52. The lowest BCUT2D eigenvalue weighted by Gasteiger charge is -2.21. The van der Waals surface area contributed by atoms with Gasteiger partial charge in [0.05, 0.1) is 10.5 Å². The van der Waals surface area contributed by atoms with E-state index in [1.807, 2.05) is 0 Å². The number of sulfonamides is 1. The van der Waals surface area contributed by atoms with Gasteiger partial charge in [0.25, 0.3) is 0 Å². The normalized spacial score (nSPS) is 15.4. The van der Waals surface area contributed by atoms with Crippen molar-refractivity contribution in [2.45, 2.75) is 37.7 Å². The van der Waals surface area contributed by atoms with Gasteiger partial charge in [-0.2, -0.15) is 0 Å². The highest BCUT2D eigenvalue weighted by Crippen LogP contribution is 2.20. The average Bonchev–Trinajstić information content (AvgIpc) is 2.26. The smallest absolute Gasteiger partial charge is 0.240 e. The third kappa shape index (κ3) is 3.95. The van der Waals surface area contributed by atoms with Crippen LogP contribution in [0, 0.1) is 6.92 Å². The fourth-order valence-electron chi connectivity index (χ4n) is 1.37. The second-order valence-electron chi connectivity index (χ2n) is 4.58. The molecular formula is C12H18ClNO3S. The van der Waals surface area contributed by atoms with E-state index in [4.69, 9.17) is 11.6 Å². The molecule has 0 amide bonds. The Labute approximate surface area is 113 Å². The van der Waals surface area contributed by atoms with Crippen molar-refractivity contribution in [1.82, 2.24) is 4.72 Å². The van der Waals surface area contributed by atoms with Gasteiger partial charge < -0.3 is 5.11 Å². The zero-order valence-electron chi connectivity index (χ0n) is 10.7. The molecule has 0 heterocycles. The highest BCUT2D eigenvalue weighted by molar-refractivity contribution is 7.89. The van der Waals surface area contributed by atoms with Crippen LogP contribution in [0.4, 0.5) is 0 Å². The van der Waals surface area contributed by atoms with Crippen LogP contribution in [-0.2, 0) is 10.0 Å². The van der Waals surface area contributed by atoms with Crippen molar-refractivity contribution in [3.05, 3.63) is 28.8 Å². The lowest BCUT2D eigenvalue weighted by molar-refractivity contribution is 0.0613. The van der Waals surface area contributed by atoms with E-state index >= 15 is 0 Å². The Bertz CT molecular complexity index is 526. The molecule has 0 aliphatic rings. The summed E-state index contributed by atoms with van der Waals surface area (Å²) in [5.41, 5.74) is -0.473. The van der Waals surface area contributed by atoms with Gasteiger partial charge in [-0.15, -0.1) is 0 Å². The Morgan fingerprint density at radius 2 is 2.06 bits per heavy atom. The molecule has 1 aromatic carbocycles. The molecule has 4 nitrogen and oxygen atoms in total. The fourth-order valence-corrected chi connectivity index (χ4v) is 2.98. The Morgan fingerprint density at radius 1 is 1.44 bits per heavy atom. The van der Waals surface area contributed by atoms with E-state index in [-0.39, 0.29) is 11.4 Å². The molecule has 0 aromatic heterocycles. The fraction of sp³-hybridized carbons (Fsp3) is 0.500. The summed E-state index contributed by atoms with van der Waals surface area (Å²) in [6.07, 6.45) is 0.467. The van der Waals surface area contributed by atoms with Gasteiger partial charge >= 0.3 is 0 Å². The summed E-state index contributed by atoms with van der Waals surface area (Å²) in [4.78, 5) is 0.179. The molecule has 0 bridgehead atoms. The summed E-state index contributed by atoms with van der Waals surface area (Å²) in [7, 11) is -3.62. The first kappa shape index (κ1) is 15.4. The minimum Gasteiger partial charge on any atom is -0.389 e. The third-order valence-electron chi connectivity index (χ3n) is 2.83. The highest BCUT2D eigenvalue weighted by Gasteiger charge is 2.23. The van der Waals surface area contributed by atoms with Crippen LogP contribution < -0.4 is 4.72 Å². The van der Waals surface area contributed by atoms with E-state index in [0.29, 0.717) is 17.0 Å². The number of halogens is 1. The maximum Gasteiger partial charge on any atom is 0.240 e. The van der Waals surface area contributed by atoms with Gasteiger partial charge in [0.15, 0.2) is 0 Å². The van der Waals surface area contributed by atoms with Gasteiger partial charge in [0.1, 0.15) is 0 Å². The minimum absolute atomic E-state index is 0.0199. The standard InChI is InChI=1S/C12H18ClNO3S/c1-4-12(3,15)8-14-18(16,17)11-6-5-10(13)7-9(11)2/h5-7,14-15H,4,8H2,1-3H3. The summed E-state index contributed by atoms with van der Waals surface area (Å²) < 4.78 is 26.5. The van der Waals surface area contributed by atoms with Crippen LogP contribution in [0.5, 0.6) is 0 Å². The van der Waals surface area contributed by atoms with Gasteiger partial charge in [0.2, 0.25) is 10.0 Å². The third-order valence-corrected chi connectivity index (χ3v) is 4.63. The number of hydrogen-bond acceptors (Lipinski definition) is 3. The lowest BCUT2D eigenvalue weighted by Crippen LogP contribution is -2.40. The van der Waals surface area contributed by atoms with E-state index < -0.39 is 15.6 Å². The molecule has 0 fully saturated rings. The van der Waals surface area contributed by atoms with Crippen LogP contribution in [-0.4, -0.2) is 25.7 Å². The Hall–Kier alpha value is -0.620. The van der Waals surface area contributed by atoms with E-state index in [1.54, 1.807) is 26.8 Å². The van der Waals surface area contributed by atoms with Crippen LogP contribution in [0.15, 0.2) is 23.1 Å². The zero-order valence-corrected chi connectivity index (χ0v) is 12.3. The molecule has 0 radical (unpaired) electrons. The predicted molar refractivity (Wildman–Crippen MR) is 72.3 cm³/mol. The van der Waals surface area contributed by atoms with Gasteiger partial charge in [0, 0.05) is 11.6 Å². The molecule has 1 aromatic rings. The number of aliphatic hydroxyl groups is 1. The molecule has 6 heteroatoms. The van der Waals surface area contributed by atoms with Crippen LogP contribution in [0.2, 0.25) is 5.02 Å². The van der Waals surface area contributed by atoms with Crippen LogP contribution in [0.1, 0.15) is 25.8 Å². The largest absolute Gasteiger partial charge is 0.389 e. The van der Waals surface area contributed by atoms with Gasteiger partial charge in [-0.25, -0.2) is 13.1 Å². The maximum absolute atomic E-state index is 12.1. The topological polar surface area (TPSA) is 66.4 Å². The number of benzene rings is 1. The van der Waals surface area contributed by atoms with Crippen molar-refractivity contribution in [2.75, 3.05) is 6.54 Å². The number of hydrogen-bond donors (Lipinski definition) is 2. The van der Waals surface area contributed by atoms with Crippen LogP contribution >= 0.6 is 11.6 Å². The average molecular weight is 292 g/mol. The van der Waals surface area contributed by atoms with Crippen molar-refractivity contribution < 1.29 is 13.5 Å². The number of nitrogens with one attached hydrogen (secondary N) is 1. The molecule has 2 N–H and O–H groups in total. The van der Waals surface area contributed by atoms with Crippen molar-refractivity contribution >= 4 is 21.6 Å². The molecule has 18 heavy (non-hydrogen) atoms. The molecule has 1 rings (SSSR count). The molecule has 1 atom stereocenters. The van der Waals surface area contributed by atoms with E-state index in [0.717, 1.165) is 0 Å². The highest BCUT2D eigenvalue weighted by atomic mass is 35.5. The summed E-state index contributed by atoms with van der Waals surface area (Å²) in [5, 5.41) is 10.3. The maximum atomic E-state index is 12.1. The SMILES string of the molecule is CCC(C)(O)CNS(=O)(=O)c1ccc(Cl)cc1C. The van der Waals surface area contributed by atoms with Gasteiger partial charge in [-0.3, -0.25) is 0 Å². The van der Waals surface area contributed by atoms with Crippen LogP contribution in [0.25, 0.3) is 0 Å². The molecule has 1 unspecified atom stereocenters. The van der Waals surface area contributed by atoms with E-state index in [9.17, 15) is 13.5 Å². The summed E-state index contributed by atoms with van der Waals surface area (Å²) in [6.45, 7) is 5.04. The minimum atomic E-state index is -3.62. The molecular weight excluding hydrogens is 274 g/mol. The Morgan fingerprint density at radius 3 is 2.56 bits per heavy atom. The van der Waals surface area contributed by atoms with Crippen molar-refractivity contribution in [3.8, 4) is 0 Å². The molecule has 0 aliphatic carbocycles. The second-order valence-corrected chi connectivity index (χ2v) is 6.76. The summed E-state index contributed by atoms with van der Waals surface area (Å²) in [5.74, 6) is 0. The molecule has 0 saturated heterocycles. The van der Waals surface area contributed by atoms with Crippen molar-refractivity contribution in [1.29, 1.82) is 0 Å². The molecule has 0 spiro atoms. The first-order valence-electron chi connectivity index (χ1n) is 5.66. The van der Waals surface area contributed by atoms with Crippen molar-refractivity contribution in [3.63, 3.8) is 0 Å². The molecule has 0 saturated carbocycles. The monoisotopic (exact) mass is 291 g/mol. The first-order chi connectivity index (χ1) is 8.18. The Balaban J connectivity index is 2.94. The summed E-state index contributed by atoms with van der Waals surface area (Å²) >= 11 is 5.78. The zero-order chi connectivity index (χ0) is 14.0. The van der Waals surface area contributed by atoms with Crippen molar-refractivity contribution in [2.24, 2.45) is 0 Å². The number of rotatable bonds is 5.